The highest BCUT2D eigenvalue weighted by Gasteiger charge is 2.41. The van der Waals surface area contributed by atoms with Crippen molar-refractivity contribution in [3.05, 3.63) is 48.0 Å². The second kappa shape index (κ2) is 19.6. The lowest BCUT2D eigenvalue weighted by Gasteiger charge is -2.31. The summed E-state index contributed by atoms with van der Waals surface area (Å²) in [5.41, 5.74) is 1.63. The summed E-state index contributed by atoms with van der Waals surface area (Å²) in [5.74, 6) is -1.73. The fourth-order valence-electron chi connectivity index (χ4n) is 8.65. The molecule has 2 unspecified atom stereocenters. The molecule has 6 rings (SSSR count). The topological polar surface area (TPSA) is 199 Å². The Bertz CT molecular complexity index is 2110. The molecular formula is C44H62F2N10O6. The fourth-order valence-corrected chi connectivity index (χ4v) is 8.65. The number of aromatic nitrogens is 4. The third kappa shape index (κ3) is 10.2. The van der Waals surface area contributed by atoms with Crippen molar-refractivity contribution in [2.45, 2.75) is 129 Å². The summed E-state index contributed by atoms with van der Waals surface area (Å²) in [6, 6.07) is 4.38. The Balaban J connectivity index is 1.41. The van der Waals surface area contributed by atoms with Gasteiger partial charge < -0.3 is 50.4 Å². The Morgan fingerprint density at radius 3 is 1.37 bits per heavy atom. The number of nitrogens with zero attached hydrogens (tertiary/aromatic N) is 6. The lowest BCUT2D eigenvalue weighted by Crippen LogP contribution is -2.54. The van der Waals surface area contributed by atoms with E-state index < -0.39 is 60.1 Å². The van der Waals surface area contributed by atoms with Crippen molar-refractivity contribution in [1.29, 1.82) is 0 Å². The third-order valence-electron chi connectivity index (χ3n) is 12.1. The minimum Gasteiger partial charge on any atom is -0.391 e. The Hall–Kier alpha value is -5.04. The number of aliphatic hydroxyl groups is 2. The predicted molar refractivity (Wildman–Crippen MR) is 230 cm³/mol. The zero-order valence-electron chi connectivity index (χ0n) is 36.9. The second-order valence-electron chi connectivity index (χ2n) is 17.8. The van der Waals surface area contributed by atoms with Gasteiger partial charge in [0, 0.05) is 38.3 Å². The van der Waals surface area contributed by atoms with Gasteiger partial charge >= 0.3 is 0 Å². The number of fused-ring (bicyclic) bond motifs is 2. The molecule has 2 aromatic carbocycles. The van der Waals surface area contributed by atoms with Crippen LogP contribution in [-0.4, -0.2) is 138 Å². The number of rotatable bonds is 17. The van der Waals surface area contributed by atoms with Crippen LogP contribution in [0, 0.1) is 23.5 Å². The molecule has 0 bridgehead atoms. The number of nitrogens with one attached hydrogen (secondary N) is 4. The first-order valence-electron chi connectivity index (χ1n) is 21.6. The second-order valence-corrected chi connectivity index (χ2v) is 17.8. The van der Waals surface area contributed by atoms with Gasteiger partial charge in [-0.05, 0) is 89.7 Å². The van der Waals surface area contributed by atoms with E-state index in [0.29, 0.717) is 34.9 Å². The summed E-state index contributed by atoms with van der Waals surface area (Å²) >= 11 is 0. The van der Waals surface area contributed by atoms with Gasteiger partial charge in [-0.2, -0.15) is 0 Å². The number of carbonyl (C=O) groups excluding carboxylic acids is 4. The first kappa shape index (κ1) is 46.5. The van der Waals surface area contributed by atoms with Gasteiger partial charge in [0.05, 0.1) is 58.4 Å². The van der Waals surface area contributed by atoms with Crippen LogP contribution in [0.2, 0.25) is 0 Å². The van der Waals surface area contributed by atoms with E-state index in [0.717, 1.165) is 0 Å². The van der Waals surface area contributed by atoms with Crippen molar-refractivity contribution in [3.63, 3.8) is 0 Å². The fraction of sp³-hybridized carbons (Fsp3) is 0.591. The predicted octanol–water partition coefficient (Wildman–Crippen LogP) is 2.53. The number of β-amino-alcohol motifs (C(OH)–C–C–N with tert-alkyl or cyclic N) is 2. The first-order chi connectivity index (χ1) is 29.4. The summed E-state index contributed by atoms with van der Waals surface area (Å²) in [7, 11) is 3.31. The summed E-state index contributed by atoms with van der Waals surface area (Å²) in [4.78, 5) is 67.7. The van der Waals surface area contributed by atoms with Crippen molar-refractivity contribution >= 4 is 45.7 Å². The van der Waals surface area contributed by atoms with E-state index in [1.54, 1.807) is 49.9 Å². The first-order valence-corrected chi connectivity index (χ1v) is 21.6. The highest BCUT2D eigenvalue weighted by atomic mass is 19.1. The molecule has 6 N–H and O–H groups in total. The molecule has 0 aliphatic carbocycles. The summed E-state index contributed by atoms with van der Waals surface area (Å²) in [6.07, 6.45) is -0.561. The van der Waals surface area contributed by atoms with Crippen LogP contribution in [0.5, 0.6) is 0 Å². The Morgan fingerprint density at radius 2 is 1.03 bits per heavy atom. The zero-order chi connectivity index (χ0) is 45.2. The summed E-state index contributed by atoms with van der Waals surface area (Å²) in [6.45, 7) is 11.5. The van der Waals surface area contributed by atoms with E-state index in [9.17, 15) is 38.2 Å². The Kier molecular flexibility index (Phi) is 14.7. The largest absolute Gasteiger partial charge is 0.391 e. The number of carbonyl (C=O) groups is 4. The molecule has 338 valence electrons. The average molecular weight is 865 g/mol. The standard InChI is InChI=1S/C44H62F2N10O6/c1-23(2)13-35(51-41(59)25(5)47-7)43(61)53-21-31(57)17-29(53)19-55-37-11-9-27(45)15-33(37)49-39(55)40-50-34-16-28(46)10-12-38(34)56(40)20-30-18-32(58)22-54(30)44(62)36(14-24(3)4)52-42(60)26(6)48-8/h9-12,15-16,23-26,29-32,35-36,47-48,57-58H,13-14,17-22H2,1-8H3,(H,51,59)(H,52,60)/t25-,26-,29+,30+,31?,32?,35-,36-/m1/s1. The molecule has 2 aliphatic heterocycles. The van der Waals surface area contributed by atoms with Crippen LogP contribution in [0.15, 0.2) is 36.4 Å². The van der Waals surface area contributed by atoms with Gasteiger partial charge in [0.25, 0.3) is 0 Å². The Labute approximate surface area is 360 Å². The molecule has 2 fully saturated rings. The van der Waals surface area contributed by atoms with Gasteiger partial charge in [0.2, 0.25) is 23.6 Å². The molecule has 16 nitrogen and oxygen atoms in total. The molecule has 2 saturated heterocycles. The zero-order valence-corrected chi connectivity index (χ0v) is 36.9. The highest BCUT2D eigenvalue weighted by Crippen LogP contribution is 2.33. The SMILES string of the molecule is CN[C@H](C)C(=O)N[C@H](CC(C)C)C(=O)N1CC(O)C[C@H]1Cn1c(-c2nc3cc(F)ccc3n2C[C@@H]2CC(O)CN2C(=O)[C@@H](CC(C)C)NC(=O)[C@@H](C)NC)nc2cc(F)ccc21. The molecule has 2 aliphatic rings. The highest BCUT2D eigenvalue weighted by molar-refractivity contribution is 5.91. The van der Waals surface area contributed by atoms with Crippen LogP contribution in [-0.2, 0) is 32.3 Å². The number of imidazole rings is 2. The van der Waals surface area contributed by atoms with Gasteiger partial charge in [0.15, 0.2) is 11.6 Å². The normalized spacial score (nSPS) is 21.3. The van der Waals surface area contributed by atoms with Gasteiger partial charge in [-0.1, -0.05) is 27.7 Å². The molecule has 8 atom stereocenters. The van der Waals surface area contributed by atoms with E-state index in [1.165, 1.54) is 24.3 Å². The number of hydrogen-bond acceptors (Lipinski definition) is 10. The van der Waals surface area contributed by atoms with Gasteiger partial charge in [0.1, 0.15) is 23.7 Å². The molecule has 0 saturated carbocycles. The molecule has 0 spiro atoms. The molecule has 62 heavy (non-hydrogen) atoms. The number of halogens is 2. The third-order valence-corrected chi connectivity index (χ3v) is 12.1. The van der Waals surface area contributed by atoms with Gasteiger partial charge in [-0.3, -0.25) is 19.2 Å². The van der Waals surface area contributed by atoms with E-state index in [4.69, 9.17) is 9.97 Å². The maximum absolute atomic E-state index is 14.9. The number of amides is 4. The van der Waals surface area contributed by atoms with E-state index in [2.05, 4.69) is 21.3 Å². The van der Waals surface area contributed by atoms with Crippen molar-refractivity contribution < 1.29 is 38.2 Å². The van der Waals surface area contributed by atoms with E-state index in [-0.39, 0.29) is 86.1 Å². The molecule has 2 aromatic heterocycles. The summed E-state index contributed by atoms with van der Waals surface area (Å²) in [5, 5.41) is 33.7. The van der Waals surface area contributed by atoms with Crippen molar-refractivity contribution in [2.75, 3.05) is 27.2 Å². The molecule has 4 aromatic rings. The molecular weight excluding hydrogens is 803 g/mol. The average Bonchev–Trinajstić information content (AvgIpc) is 3.97. The van der Waals surface area contributed by atoms with Crippen LogP contribution >= 0.6 is 0 Å². The van der Waals surface area contributed by atoms with Gasteiger partial charge in [-0.25, -0.2) is 18.7 Å². The van der Waals surface area contributed by atoms with Crippen LogP contribution < -0.4 is 21.3 Å². The maximum atomic E-state index is 14.9. The smallest absolute Gasteiger partial charge is 0.245 e. The number of aliphatic hydroxyl groups excluding tert-OH is 2. The maximum Gasteiger partial charge on any atom is 0.245 e. The van der Waals surface area contributed by atoms with Crippen LogP contribution in [0.3, 0.4) is 0 Å². The van der Waals surface area contributed by atoms with Crippen LogP contribution in [0.4, 0.5) is 8.78 Å². The number of benzene rings is 2. The summed E-state index contributed by atoms with van der Waals surface area (Å²) < 4.78 is 33.3. The number of likely N-dealkylation sites (N-methyl/N-ethyl adjacent to an activating group) is 2. The van der Waals surface area contributed by atoms with E-state index >= 15 is 0 Å². The van der Waals surface area contributed by atoms with E-state index in [1.807, 2.05) is 36.8 Å². The molecule has 0 radical (unpaired) electrons. The minimum absolute atomic E-state index is 0.0317. The molecule has 4 amide bonds. The van der Waals surface area contributed by atoms with Crippen LogP contribution in [0.1, 0.15) is 67.2 Å². The van der Waals surface area contributed by atoms with Crippen LogP contribution in [0.25, 0.3) is 33.7 Å². The van der Waals surface area contributed by atoms with Crippen molar-refractivity contribution in [1.82, 2.24) is 50.2 Å². The van der Waals surface area contributed by atoms with Crippen molar-refractivity contribution in [3.8, 4) is 11.6 Å². The molecule has 18 heteroatoms. The quantitative estimate of drug-likeness (QED) is 0.0918. The number of likely N-dealkylation sites (tertiary alicyclic amines) is 2. The minimum atomic E-state index is -0.859. The molecule has 4 heterocycles. The lowest BCUT2D eigenvalue weighted by atomic mass is 10.0. The van der Waals surface area contributed by atoms with Crippen molar-refractivity contribution in [2.24, 2.45) is 11.8 Å². The monoisotopic (exact) mass is 864 g/mol. The van der Waals surface area contributed by atoms with Gasteiger partial charge in [-0.15, -0.1) is 0 Å². The Morgan fingerprint density at radius 1 is 0.661 bits per heavy atom. The lowest BCUT2D eigenvalue weighted by molar-refractivity contribution is -0.138. The number of hydrogen-bond donors (Lipinski definition) is 6.